The van der Waals surface area contributed by atoms with Crippen LogP contribution in [0.3, 0.4) is 0 Å². The molecule has 1 aromatic rings. The van der Waals surface area contributed by atoms with Gasteiger partial charge in [-0.25, -0.2) is 0 Å². The third-order valence-corrected chi connectivity index (χ3v) is 2.81. The summed E-state index contributed by atoms with van der Waals surface area (Å²) in [5.74, 6) is -0.176. The first-order chi connectivity index (χ1) is 7.56. The molecule has 1 atom stereocenters. The summed E-state index contributed by atoms with van der Waals surface area (Å²) in [6.07, 6.45) is -0.0889. The van der Waals surface area contributed by atoms with E-state index in [9.17, 15) is 4.79 Å². The third kappa shape index (κ3) is 2.98. The van der Waals surface area contributed by atoms with Crippen LogP contribution in [0.2, 0.25) is 5.02 Å². The molecule has 0 heterocycles. The molecule has 1 amide bonds. The number of hydrogen-bond acceptors (Lipinski definition) is 2. The minimum atomic E-state index is -0.176. The molecule has 0 N–H and O–H groups in total. The monoisotopic (exact) mass is 236 g/mol. The fourth-order valence-electron chi connectivity index (χ4n) is 1.37. The maximum atomic E-state index is 11.5. The van der Waals surface area contributed by atoms with Gasteiger partial charge in [-0.05, 0) is 24.6 Å². The second-order valence-corrected chi connectivity index (χ2v) is 4.00. The number of nitrogens with zero attached hydrogens (tertiary/aromatic N) is 2. The van der Waals surface area contributed by atoms with Crippen molar-refractivity contribution in [3.05, 3.63) is 34.9 Å². The minimum absolute atomic E-state index is 0.0573. The van der Waals surface area contributed by atoms with Crippen LogP contribution in [0.15, 0.2) is 24.3 Å². The molecule has 16 heavy (non-hydrogen) atoms. The highest BCUT2D eigenvalue weighted by Gasteiger charge is 2.16. The van der Waals surface area contributed by atoms with Gasteiger partial charge in [-0.3, -0.25) is 4.79 Å². The zero-order chi connectivity index (χ0) is 12.1. The van der Waals surface area contributed by atoms with Crippen molar-refractivity contribution >= 4 is 17.5 Å². The molecule has 0 saturated heterocycles. The van der Waals surface area contributed by atoms with E-state index in [2.05, 4.69) is 0 Å². The number of hydrogen-bond donors (Lipinski definition) is 0. The van der Waals surface area contributed by atoms with E-state index in [4.69, 9.17) is 16.9 Å². The highest BCUT2D eigenvalue weighted by atomic mass is 35.5. The lowest BCUT2D eigenvalue weighted by molar-refractivity contribution is -0.130. The first-order valence-corrected chi connectivity index (χ1v) is 5.32. The average molecular weight is 237 g/mol. The van der Waals surface area contributed by atoms with Crippen LogP contribution in [-0.2, 0) is 4.79 Å². The average Bonchev–Trinajstić information content (AvgIpc) is 2.28. The summed E-state index contributed by atoms with van der Waals surface area (Å²) in [6, 6.07) is 9.13. The third-order valence-electron chi connectivity index (χ3n) is 2.56. The van der Waals surface area contributed by atoms with Crippen LogP contribution in [0.1, 0.15) is 24.9 Å². The van der Waals surface area contributed by atoms with Crippen LogP contribution in [0, 0.1) is 11.3 Å². The summed E-state index contributed by atoms with van der Waals surface area (Å²) in [7, 11) is 1.69. The predicted molar refractivity (Wildman–Crippen MR) is 62.9 cm³/mol. The summed E-state index contributed by atoms with van der Waals surface area (Å²) in [6.45, 7) is 1.92. The molecular formula is C12H13ClN2O. The van der Waals surface area contributed by atoms with Gasteiger partial charge in [-0.15, -0.1) is 0 Å². The lowest BCUT2D eigenvalue weighted by Crippen LogP contribution is -2.29. The summed E-state index contributed by atoms with van der Waals surface area (Å²) >= 11 is 5.78. The van der Waals surface area contributed by atoms with Gasteiger partial charge in [-0.1, -0.05) is 23.7 Å². The van der Waals surface area contributed by atoms with E-state index in [-0.39, 0.29) is 18.4 Å². The lowest BCUT2D eigenvalue weighted by Gasteiger charge is -2.24. The Bertz CT molecular complexity index is 408. The minimum Gasteiger partial charge on any atom is -0.338 e. The van der Waals surface area contributed by atoms with Gasteiger partial charge in [0.15, 0.2) is 0 Å². The molecule has 0 saturated carbocycles. The van der Waals surface area contributed by atoms with E-state index >= 15 is 0 Å². The maximum absolute atomic E-state index is 11.5. The quantitative estimate of drug-likeness (QED) is 0.810. The van der Waals surface area contributed by atoms with E-state index in [0.29, 0.717) is 5.02 Å². The number of carbonyl (C=O) groups is 1. The highest BCUT2D eigenvalue weighted by Crippen LogP contribution is 2.21. The molecule has 84 valence electrons. The second-order valence-electron chi connectivity index (χ2n) is 3.57. The van der Waals surface area contributed by atoms with Gasteiger partial charge < -0.3 is 4.90 Å². The SMILES string of the molecule is CC(c1ccc(Cl)cc1)N(C)C(=O)CC#N. The van der Waals surface area contributed by atoms with Gasteiger partial charge in [0.25, 0.3) is 0 Å². The van der Waals surface area contributed by atoms with Crippen molar-refractivity contribution in [1.29, 1.82) is 5.26 Å². The smallest absolute Gasteiger partial charge is 0.237 e. The molecule has 0 aliphatic rings. The Morgan fingerprint density at radius 1 is 1.50 bits per heavy atom. The van der Waals surface area contributed by atoms with Crippen LogP contribution in [0.25, 0.3) is 0 Å². The molecule has 0 spiro atoms. The molecule has 0 aromatic heterocycles. The fraction of sp³-hybridized carbons (Fsp3) is 0.333. The normalized spacial score (nSPS) is 11.6. The first-order valence-electron chi connectivity index (χ1n) is 4.94. The lowest BCUT2D eigenvalue weighted by atomic mass is 10.1. The van der Waals surface area contributed by atoms with Crippen molar-refractivity contribution < 1.29 is 4.79 Å². The van der Waals surface area contributed by atoms with Gasteiger partial charge in [0, 0.05) is 12.1 Å². The van der Waals surface area contributed by atoms with Crippen molar-refractivity contribution in [1.82, 2.24) is 4.90 Å². The molecule has 1 unspecified atom stereocenters. The van der Waals surface area contributed by atoms with Crippen molar-refractivity contribution in [3.8, 4) is 6.07 Å². The molecule has 0 aliphatic carbocycles. The number of amides is 1. The predicted octanol–water partition coefficient (Wildman–Crippen LogP) is 2.77. The van der Waals surface area contributed by atoms with Crippen molar-refractivity contribution in [2.24, 2.45) is 0 Å². The van der Waals surface area contributed by atoms with E-state index in [1.165, 1.54) is 0 Å². The fourth-order valence-corrected chi connectivity index (χ4v) is 1.50. The topological polar surface area (TPSA) is 44.1 Å². The van der Waals surface area contributed by atoms with Crippen LogP contribution >= 0.6 is 11.6 Å². The molecule has 3 nitrogen and oxygen atoms in total. The molecule has 0 fully saturated rings. The maximum Gasteiger partial charge on any atom is 0.237 e. The first kappa shape index (κ1) is 12.5. The van der Waals surface area contributed by atoms with Gasteiger partial charge in [0.05, 0.1) is 12.1 Å². The number of carbonyl (C=O) groups excluding carboxylic acids is 1. The van der Waals surface area contributed by atoms with Gasteiger partial charge in [0.2, 0.25) is 5.91 Å². The summed E-state index contributed by atoms with van der Waals surface area (Å²) in [5, 5.41) is 9.13. The Labute approximate surface area is 100 Å². The molecule has 1 aromatic carbocycles. The summed E-state index contributed by atoms with van der Waals surface area (Å²) < 4.78 is 0. The Hall–Kier alpha value is -1.53. The molecular weight excluding hydrogens is 224 g/mol. The standard InChI is InChI=1S/C12H13ClN2O/c1-9(15(2)12(16)7-8-14)10-3-5-11(13)6-4-10/h3-6,9H,7H2,1-2H3. The van der Waals surface area contributed by atoms with Gasteiger partial charge in [-0.2, -0.15) is 5.26 Å². The molecule has 4 heteroatoms. The van der Waals surface area contributed by atoms with Crippen molar-refractivity contribution in [2.45, 2.75) is 19.4 Å². The second kappa shape index (κ2) is 5.53. The molecule has 0 radical (unpaired) electrons. The number of benzene rings is 1. The number of nitriles is 1. The van der Waals surface area contributed by atoms with E-state index in [1.54, 1.807) is 24.1 Å². The van der Waals surface area contributed by atoms with Crippen LogP contribution in [0.4, 0.5) is 0 Å². The zero-order valence-electron chi connectivity index (χ0n) is 9.27. The van der Waals surface area contributed by atoms with E-state index in [0.717, 1.165) is 5.56 Å². The van der Waals surface area contributed by atoms with E-state index < -0.39 is 0 Å². The number of rotatable bonds is 3. The summed E-state index contributed by atoms with van der Waals surface area (Å²) in [4.78, 5) is 13.1. The van der Waals surface area contributed by atoms with Crippen molar-refractivity contribution in [2.75, 3.05) is 7.05 Å². The summed E-state index contributed by atoms with van der Waals surface area (Å²) in [5.41, 5.74) is 0.998. The molecule has 1 rings (SSSR count). The Morgan fingerprint density at radius 3 is 2.56 bits per heavy atom. The molecule has 0 aliphatic heterocycles. The highest BCUT2D eigenvalue weighted by molar-refractivity contribution is 6.30. The number of halogens is 1. The molecule has 0 bridgehead atoms. The van der Waals surface area contributed by atoms with E-state index in [1.807, 2.05) is 25.1 Å². The zero-order valence-corrected chi connectivity index (χ0v) is 10.0. The Kier molecular flexibility index (Phi) is 4.33. The van der Waals surface area contributed by atoms with Crippen molar-refractivity contribution in [3.63, 3.8) is 0 Å². The van der Waals surface area contributed by atoms with Crippen LogP contribution in [-0.4, -0.2) is 17.9 Å². The Balaban J connectivity index is 2.78. The Morgan fingerprint density at radius 2 is 2.06 bits per heavy atom. The van der Waals surface area contributed by atoms with Gasteiger partial charge in [0.1, 0.15) is 6.42 Å². The largest absolute Gasteiger partial charge is 0.338 e. The van der Waals surface area contributed by atoms with Crippen LogP contribution in [0.5, 0.6) is 0 Å². The van der Waals surface area contributed by atoms with Gasteiger partial charge >= 0.3 is 0 Å². The van der Waals surface area contributed by atoms with Crippen LogP contribution < -0.4 is 0 Å².